The Hall–Kier alpha value is -4.41. The molecule has 43 heavy (non-hydrogen) atoms. The highest BCUT2D eigenvalue weighted by Gasteiger charge is 2.48. The third-order valence-electron chi connectivity index (χ3n) is 7.24. The second-order valence-corrected chi connectivity index (χ2v) is 12.6. The Morgan fingerprint density at radius 2 is 1.98 bits per heavy atom. The molecule has 1 saturated heterocycles. The Labute approximate surface area is 257 Å². The SMILES string of the molecule is C=CCOc1cccc([C@@H]2/C(=C(\O)c3ccc4c(c3)C[C@H](C)O4)C(=O)C(=O)N2c2nnc(SCc3ccc(C)cc3)s2)c1. The molecule has 0 spiro atoms. The highest BCUT2D eigenvalue weighted by atomic mass is 32.2. The lowest BCUT2D eigenvalue weighted by molar-refractivity contribution is -0.132. The van der Waals surface area contributed by atoms with E-state index in [1.165, 1.54) is 33.6 Å². The van der Waals surface area contributed by atoms with E-state index in [0.29, 0.717) is 33.4 Å². The first-order chi connectivity index (χ1) is 20.8. The average Bonchev–Trinajstić information content (AvgIpc) is 3.70. The molecule has 1 aromatic heterocycles. The maximum atomic E-state index is 13.6. The molecule has 3 aromatic carbocycles. The number of hydrogen-bond donors (Lipinski definition) is 1. The molecule has 8 nitrogen and oxygen atoms in total. The van der Waals surface area contributed by atoms with Gasteiger partial charge in [0.15, 0.2) is 4.34 Å². The number of aryl methyl sites for hydroxylation is 1. The van der Waals surface area contributed by atoms with Gasteiger partial charge < -0.3 is 14.6 Å². The quantitative estimate of drug-likeness (QED) is 0.0561. The molecule has 1 fully saturated rings. The molecule has 4 aromatic rings. The lowest BCUT2D eigenvalue weighted by Gasteiger charge is -2.23. The van der Waals surface area contributed by atoms with Crippen molar-refractivity contribution in [2.45, 2.75) is 42.5 Å². The van der Waals surface area contributed by atoms with E-state index in [2.05, 4.69) is 41.0 Å². The van der Waals surface area contributed by atoms with Crippen molar-refractivity contribution >= 4 is 45.7 Å². The second kappa shape index (κ2) is 12.1. The number of benzene rings is 3. The number of fused-ring (bicyclic) bond motifs is 1. The van der Waals surface area contributed by atoms with E-state index in [1.807, 2.05) is 19.9 Å². The lowest BCUT2D eigenvalue weighted by atomic mass is 9.94. The number of carbonyl (C=O) groups is 2. The number of amides is 1. The van der Waals surface area contributed by atoms with Gasteiger partial charge in [0.05, 0.1) is 11.6 Å². The van der Waals surface area contributed by atoms with Crippen LogP contribution in [0.1, 0.15) is 40.8 Å². The molecule has 2 aliphatic heterocycles. The Morgan fingerprint density at radius 1 is 1.16 bits per heavy atom. The molecule has 0 unspecified atom stereocenters. The number of ketones is 1. The summed E-state index contributed by atoms with van der Waals surface area (Å²) in [6.07, 6.45) is 2.34. The maximum Gasteiger partial charge on any atom is 0.301 e. The van der Waals surface area contributed by atoms with Gasteiger partial charge in [-0.05, 0) is 60.9 Å². The zero-order valence-corrected chi connectivity index (χ0v) is 25.3. The van der Waals surface area contributed by atoms with E-state index in [0.717, 1.165) is 16.9 Å². The number of nitrogens with zero attached hydrogens (tertiary/aromatic N) is 3. The van der Waals surface area contributed by atoms with Gasteiger partial charge in [0, 0.05) is 17.7 Å². The molecule has 3 heterocycles. The molecule has 2 aliphatic rings. The molecule has 1 amide bonds. The number of aliphatic hydroxyl groups excluding tert-OH is 1. The fourth-order valence-electron chi connectivity index (χ4n) is 5.19. The van der Waals surface area contributed by atoms with Crippen molar-refractivity contribution in [1.82, 2.24) is 10.2 Å². The van der Waals surface area contributed by atoms with Gasteiger partial charge in [-0.3, -0.25) is 14.5 Å². The van der Waals surface area contributed by atoms with Crippen molar-refractivity contribution in [1.29, 1.82) is 0 Å². The summed E-state index contributed by atoms with van der Waals surface area (Å²) in [6, 6.07) is 19.7. The number of aromatic nitrogens is 2. The zero-order chi connectivity index (χ0) is 30.1. The number of aliphatic hydroxyl groups is 1. The Balaban J connectivity index is 1.39. The topological polar surface area (TPSA) is 102 Å². The van der Waals surface area contributed by atoms with Gasteiger partial charge in [0.1, 0.15) is 30.0 Å². The molecule has 218 valence electrons. The van der Waals surface area contributed by atoms with Crippen LogP contribution in [0.15, 0.2) is 89.3 Å². The first-order valence-electron chi connectivity index (χ1n) is 13.8. The van der Waals surface area contributed by atoms with Crippen LogP contribution >= 0.6 is 23.1 Å². The summed E-state index contributed by atoms with van der Waals surface area (Å²) in [5.41, 5.74) is 4.25. The van der Waals surface area contributed by atoms with E-state index in [-0.39, 0.29) is 29.2 Å². The van der Waals surface area contributed by atoms with E-state index >= 15 is 0 Å². The van der Waals surface area contributed by atoms with Crippen LogP contribution < -0.4 is 14.4 Å². The van der Waals surface area contributed by atoms with Crippen LogP contribution in [0.3, 0.4) is 0 Å². The molecule has 10 heteroatoms. The molecule has 0 bridgehead atoms. The molecule has 1 N–H and O–H groups in total. The van der Waals surface area contributed by atoms with Gasteiger partial charge in [0.2, 0.25) is 5.13 Å². The van der Waals surface area contributed by atoms with Gasteiger partial charge in [-0.2, -0.15) is 0 Å². The predicted molar refractivity (Wildman–Crippen MR) is 168 cm³/mol. The molecule has 0 radical (unpaired) electrons. The van der Waals surface area contributed by atoms with Gasteiger partial charge in [-0.25, -0.2) is 0 Å². The average molecular weight is 612 g/mol. The van der Waals surface area contributed by atoms with Crippen molar-refractivity contribution in [2.24, 2.45) is 0 Å². The van der Waals surface area contributed by atoms with E-state index < -0.39 is 17.7 Å². The standard InChI is InChI=1S/C33H29N3O5S2/c1-4-14-40-25-7-5-6-22(17-25)28-27(29(37)23-12-13-26-24(16-23)15-20(3)41-26)30(38)31(39)36(28)32-34-35-33(43-32)42-18-21-10-8-19(2)9-11-21/h4-13,16-17,20,28,37H,1,14-15,18H2,2-3H3/b29-27+/t20-,28+/m0/s1. The number of Topliss-reactive ketones (excluding diaryl/α,β-unsaturated/α-hetero) is 1. The fraction of sp³-hybridized carbons (Fsp3) is 0.212. The van der Waals surface area contributed by atoms with Crippen LogP contribution in [0, 0.1) is 6.92 Å². The summed E-state index contributed by atoms with van der Waals surface area (Å²) in [5, 5.41) is 20.5. The summed E-state index contributed by atoms with van der Waals surface area (Å²) < 4.78 is 12.2. The Bertz CT molecular complexity index is 1750. The maximum absolute atomic E-state index is 13.6. The number of carbonyl (C=O) groups excluding carboxylic acids is 2. The first-order valence-corrected chi connectivity index (χ1v) is 15.6. The van der Waals surface area contributed by atoms with Gasteiger partial charge >= 0.3 is 5.91 Å². The smallest absolute Gasteiger partial charge is 0.301 e. The monoisotopic (exact) mass is 611 g/mol. The summed E-state index contributed by atoms with van der Waals surface area (Å²) >= 11 is 2.73. The number of hydrogen-bond acceptors (Lipinski definition) is 9. The number of thioether (sulfide) groups is 1. The summed E-state index contributed by atoms with van der Waals surface area (Å²) in [4.78, 5) is 28.6. The summed E-state index contributed by atoms with van der Waals surface area (Å²) in [6.45, 7) is 8.00. The van der Waals surface area contributed by atoms with Crippen LogP contribution in [0.4, 0.5) is 5.13 Å². The number of ether oxygens (including phenoxy) is 2. The molecular formula is C33H29N3O5S2. The van der Waals surface area contributed by atoms with Crippen molar-refractivity contribution < 1.29 is 24.2 Å². The number of rotatable bonds is 9. The van der Waals surface area contributed by atoms with Crippen molar-refractivity contribution in [3.8, 4) is 11.5 Å². The molecule has 2 atom stereocenters. The molecule has 0 aliphatic carbocycles. The molecular weight excluding hydrogens is 583 g/mol. The highest BCUT2D eigenvalue weighted by Crippen LogP contribution is 2.45. The highest BCUT2D eigenvalue weighted by molar-refractivity contribution is 8.00. The van der Waals surface area contributed by atoms with E-state index in [9.17, 15) is 14.7 Å². The third-order valence-corrected chi connectivity index (χ3v) is 9.37. The fourth-order valence-corrected chi connectivity index (χ4v) is 7.01. The zero-order valence-electron chi connectivity index (χ0n) is 23.6. The Morgan fingerprint density at radius 3 is 2.77 bits per heavy atom. The minimum absolute atomic E-state index is 0.0201. The molecule has 6 rings (SSSR count). The van der Waals surface area contributed by atoms with Crippen LogP contribution in [-0.2, 0) is 21.8 Å². The van der Waals surface area contributed by atoms with Crippen molar-refractivity contribution in [3.05, 3.63) is 113 Å². The number of anilines is 1. The second-order valence-electron chi connectivity index (χ2n) is 10.4. The minimum atomic E-state index is -0.946. The van der Waals surface area contributed by atoms with Crippen LogP contribution in [0.2, 0.25) is 0 Å². The summed E-state index contributed by atoms with van der Waals surface area (Å²) in [7, 11) is 0. The van der Waals surface area contributed by atoms with Crippen molar-refractivity contribution in [2.75, 3.05) is 11.5 Å². The predicted octanol–water partition coefficient (Wildman–Crippen LogP) is 6.65. The van der Waals surface area contributed by atoms with Gasteiger partial charge in [0.25, 0.3) is 5.78 Å². The van der Waals surface area contributed by atoms with E-state index in [4.69, 9.17) is 9.47 Å². The van der Waals surface area contributed by atoms with Gasteiger partial charge in [-0.15, -0.1) is 10.2 Å². The largest absolute Gasteiger partial charge is 0.507 e. The van der Waals surface area contributed by atoms with Crippen molar-refractivity contribution in [3.63, 3.8) is 0 Å². The van der Waals surface area contributed by atoms with Gasteiger partial charge in [-0.1, -0.05) is 77.7 Å². The summed E-state index contributed by atoms with van der Waals surface area (Å²) in [5.74, 6) is 0.128. The van der Waals surface area contributed by atoms with Crippen LogP contribution in [0.5, 0.6) is 11.5 Å². The van der Waals surface area contributed by atoms with Crippen LogP contribution in [0.25, 0.3) is 5.76 Å². The van der Waals surface area contributed by atoms with Crippen LogP contribution in [-0.4, -0.2) is 39.7 Å². The molecule has 0 saturated carbocycles. The first kappa shape index (κ1) is 28.7. The lowest BCUT2D eigenvalue weighted by Crippen LogP contribution is -2.29. The Kier molecular flexibility index (Phi) is 8.05. The van der Waals surface area contributed by atoms with E-state index in [1.54, 1.807) is 42.5 Å². The third kappa shape index (κ3) is 5.80. The minimum Gasteiger partial charge on any atom is -0.507 e. The normalized spacial score (nSPS) is 18.9.